The zero-order valence-electron chi connectivity index (χ0n) is 11.2. The Hall–Kier alpha value is -0.870. The molecule has 1 aliphatic carbocycles. The zero-order valence-corrected chi connectivity index (χ0v) is 12.0. The number of sulfonamides is 1. The molecule has 0 amide bonds. The van der Waals surface area contributed by atoms with E-state index >= 15 is 0 Å². The molecule has 0 heterocycles. The summed E-state index contributed by atoms with van der Waals surface area (Å²) in [7, 11) is -3.36. The first-order chi connectivity index (χ1) is 8.28. The summed E-state index contributed by atoms with van der Waals surface area (Å²) in [5.74, 6) is 0. The lowest BCUT2D eigenvalue weighted by Crippen LogP contribution is -2.33. The highest BCUT2D eigenvalue weighted by molar-refractivity contribution is 7.89. The van der Waals surface area contributed by atoms with Crippen LogP contribution in [0.2, 0.25) is 0 Å². The standard InChI is InChI=1S/C14H21NO2S/c1-11-4-6-13(7-5-11)18(16,17)15-12-8-9-14(2,3)10-12/h4-7,12,15H,8-10H2,1-3H3. The fourth-order valence-electron chi connectivity index (χ4n) is 2.54. The highest BCUT2D eigenvalue weighted by atomic mass is 32.2. The van der Waals surface area contributed by atoms with Crippen LogP contribution in [0.5, 0.6) is 0 Å². The van der Waals surface area contributed by atoms with Crippen molar-refractivity contribution in [2.45, 2.75) is 51.0 Å². The van der Waals surface area contributed by atoms with E-state index in [9.17, 15) is 8.42 Å². The fraction of sp³-hybridized carbons (Fsp3) is 0.571. The highest BCUT2D eigenvalue weighted by Crippen LogP contribution is 2.37. The molecule has 4 heteroatoms. The lowest BCUT2D eigenvalue weighted by atomic mass is 9.92. The summed E-state index contributed by atoms with van der Waals surface area (Å²) in [4.78, 5) is 0.359. The highest BCUT2D eigenvalue weighted by Gasteiger charge is 2.33. The van der Waals surface area contributed by atoms with E-state index in [2.05, 4.69) is 18.6 Å². The van der Waals surface area contributed by atoms with Gasteiger partial charge < -0.3 is 0 Å². The molecule has 3 nitrogen and oxygen atoms in total. The van der Waals surface area contributed by atoms with E-state index in [0.717, 1.165) is 24.8 Å². The van der Waals surface area contributed by atoms with Crippen LogP contribution in [0.1, 0.15) is 38.7 Å². The van der Waals surface area contributed by atoms with Gasteiger partial charge in [-0.05, 0) is 43.7 Å². The predicted octanol–water partition coefficient (Wildman–Crippen LogP) is 2.85. The molecular formula is C14H21NO2S. The average Bonchev–Trinajstić information content (AvgIpc) is 2.57. The molecule has 1 N–H and O–H groups in total. The number of benzene rings is 1. The molecule has 0 aromatic heterocycles. The molecular weight excluding hydrogens is 246 g/mol. The lowest BCUT2D eigenvalue weighted by molar-refractivity contribution is 0.372. The normalized spacial score (nSPS) is 23.2. The van der Waals surface area contributed by atoms with Crippen molar-refractivity contribution in [1.29, 1.82) is 0 Å². The Balaban J connectivity index is 2.11. The van der Waals surface area contributed by atoms with Crippen molar-refractivity contribution in [3.63, 3.8) is 0 Å². The summed E-state index contributed by atoms with van der Waals surface area (Å²) >= 11 is 0. The van der Waals surface area contributed by atoms with Crippen molar-refractivity contribution in [3.05, 3.63) is 29.8 Å². The van der Waals surface area contributed by atoms with Crippen molar-refractivity contribution in [2.75, 3.05) is 0 Å². The summed E-state index contributed by atoms with van der Waals surface area (Å²) < 4.78 is 27.2. The van der Waals surface area contributed by atoms with Crippen LogP contribution in [0.25, 0.3) is 0 Å². The van der Waals surface area contributed by atoms with Crippen molar-refractivity contribution >= 4 is 10.0 Å². The van der Waals surface area contributed by atoms with Crippen LogP contribution in [-0.4, -0.2) is 14.5 Å². The molecule has 100 valence electrons. The van der Waals surface area contributed by atoms with E-state index in [-0.39, 0.29) is 11.5 Å². The summed E-state index contributed by atoms with van der Waals surface area (Å²) in [5.41, 5.74) is 1.32. The molecule has 0 spiro atoms. The molecule has 1 aliphatic rings. The van der Waals surface area contributed by atoms with Crippen LogP contribution in [0.15, 0.2) is 29.2 Å². The molecule has 2 rings (SSSR count). The van der Waals surface area contributed by atoms with Crippen LogP contribution >= 0.6 is 0 Å². The minimum Gasteiger partial charge on any atom is -0.208 e. The topological polar surface area (TPSA) is 46.2 Å². The Bertz CT molecular complexity index is 517. The smallest absolute Gasteiger partial charge is 0.208 e. The van der Waals surface area contributed by atoms with Crippen LogP contribution in [0.4, 0.5) is 0 Å². The molecule has 1 fully saturated rings. The largest absolute Gasteiger partial charge is 0.240 e. The molecule has 0 bridgehead atoms. The predicted molar refractivity (Wildman–Crippen MR) is 72.9 cm³/mol. The molecule has 1 aromatic carbocycles. The molecule has 0 aliphatic heterocycles. The minimum atomic E-state index is -3.36. The third kappa shape index (κ3) is 3.12. The number of rotatable bonds is 3. The maximum atomic E-state index is 12.2. The summed E-state index contributed by atoms with van der Waals surface area (Å²) in [6.07, 6.45) is 2.92. The Morgan fingerprint density at radius 1 is 1.22 bits per heavy atom. The van der Waals surface area contributed by atoms with E-state index in [4.69, 9.17) is 0 Å². The van der Waals surface area contributed by atoms with Gasteiger partial charge in [0.25, 0.3) is 0 Å². The van der Waals surface area contributed by atoms with Gasteiger partial charge in [0.15, 0.2) is 0 Å². The second-order valence-corrected chi connectivity index (χ2v) is 7.75. The summed E-state index contributed by atoms with van der Waals surface area (Å²) in [6.45, 7) is 6.32. The maximum absolute atomic E-state index is 12.2. The number of aryl methyl sites for hydroxylation is 1. The fourth-order valence-corrected chi connectivity index (χ4v) is 3.81. The third-order valence-electron chi connectivity index (χ3n) is 3.62. The van der Waals surface area contributed by atoms with Gasteiger partial charge in [0, 0.05) is 6.04 Å². The van der Waals surface area contributed by atoms with Gasteiger partial charge in [-0.25, -0.2) is 13.1 Å². The molecule has 0 radical (unpaired) electrons. The summed E-state index contributed by atoms with van der Waals surface area (Å²) in [5, 5.41) is 0. The number of hydrogen-bond acceptors (Lipinski definition) is 2. The van der Waals surface area contributed by atoms with Gasteiger partial charge in [-0.2, -0.15) is 0 Å². The van der Waals surface area contributed by atoms with Crippen LogP contribution < -0.4 is 4.72 Å². The Morgan fingerprint density at radius 2 is 1.83 bits per heavy atom. The molecule has 1 aromatic rings. The Labute approximate surface area is 110 Å². The van der Waals surface area contributed by atoms with Crippen molar-refractivity contribution in [1.82, 2.24) is 4.72 Å². The lowest BCUT2D eigenvalue weighted by Gasteiger charge is -2.18. The zero-order chi connectivity index (χ0) is 13.4. The van der Waals surface area contributed by atoms with Gasteiger partial charge in [-0.15, -0.1) is 0 Å². The van der Waals surface area contributed by atoms with E-state index in [0.29, 0.717) is 4.90 Å². The van der Waals surface area contributed by atoms with Crippen LogP contribution in [-0.2, 0) is 10.0 Å². The van der Waals surface area contributed by atoms with E-state index < -0.39 is 10.0 Å². The van der Waals surface area contributed by atoms with Gasteiger partial charge in [-0.3, -0.25) is 0 Å². The van der Waals surface area contributed by atoms with Gasteiger partial charge in [0.2, 0.25) is 10.0 Å². The van der Waals surface area contributed by atoms with Gasteiger partial charge in [-0.1, -0.05) is 31.5 Å². The Kier molecular flexibility index (Phi) is 3.52. The number of hydrogen-bond donors (Lipinski definition) is 1. The number of nitrogens with one attached hydrogen (secondary N) is 1. The molecule has 0 saturated heterocycles. The molecule has 1 atom stereocenters. The average molecular weight is 267 g/mol. The van der Waals surface area contributed by atoms with Gasteiger partial charge >= 0.3 is 0 Å². The van der Waals surface area contributed by atoms with E-state index in [1.165, 1.54) is 0 Å². The van der Waals surface area contributed by atoms with E-state index in [1.807, 2.05) is 19.1 Å². The SMILES string of the molecule is Cc1ccc(S(=O)(=O)NC2CCC(C)(C)C2)cc1. The second kappa shape index (κ2) is 4.67. The van der Waals surface area contributed by atoms with E-state index in [1.54, 1.807) is 12.1 Å². The van der Waals surface area contributed by atoms with Gasteiger partial charge in [0.1, 0.15) is 0 Å². The molecule has 18 heavy (non-hydrogen) atoms. The van der Waals surface area contributed by atoms with Gasteiger partial charge in [0.05, 0.1) is 4.90 Å². The summed E-state index contributed by atoms with van der Waals surface area (Å²) in [6, 6.07) is 7.06. The first kappa shape index (κ1) is 13.6. The van der Waals surface area contributed by atoms with Crippen molar-refractivity contribution in [3.8, 4) is 0 Å². The second-order valence-electron chi connectivity index (χ2n) is 6.04. The van der Waals surface area contributed by atoms with Crippen LogP contribution in [0, 0.1) is 12.3 Å². The Morgan fingerprint density at radius 3 is 2.33 bits per heavy atom. The quantitative estimate of drug-likeness (QED) is 0.915. The van der Waals surface area contributed by atoms with Crippen molar-refractivity contribution < 1.29 is 8.42 Å². The first-order valence-corrected chi connectivity index (χ1v) is 7.86. The molecule has 1 saturated carbocycles. The first-order valence-electron chi connectivity index (χ1n) is 6.38. The third-order valence-corrected chi connectivity index (χ3v) is 5.16. The maximum Gasteiger partial charge on any atom is 0.240 e. The minimum absolute atomic E-state index is 0.0753. The van der Waals surface area contributed by atoms with Crippen molar-refractivity contribution in [2.24, 2.45) is 5.41 Å². The van der Waals surface area contributed by atoms with Crippen LogP contribution in [0.3, 0.4) is 0 Å². The molecule has 1 unspecified atom stereocenters. The monoisotopic (exact) mass is 267 g/mol.